The standard InChI is InChI=1S/C16H24O4S/c1-5-12-13(17-9-11-7-8-21-10(11)3)14-15(18-12)20-16(4,6-2)19-14/h7-8,12-15H,5-6,9H2,1-4H3/t12-,13+,14-,15-,16?/m1/s1. The van der Waals surface area contributed by atoms with Gasteiger partial charge in [0.15, 0.2) is 12.1 Å². The van der Waals surface area contributed by atoms with Crippen molar-refractivity contribution in [2.75, 3.05) is 0 Å². The fraction of sp³-hybridized carbons (Fsp3) is 0.750. The van der Waals surface area contributed by atoms with Crippen molar-refractivity contribution in [2.45, 2.75) is 77.5 Å². The molecule has 4 nitrogen and oxygen atoms in total. The van der Waals surface area contributed by atoms with E-state index in [9.17, 15) is 0 Å². The second kappa shape index (κ2) is 5.97. The highest BCUT2D eigenvalue weighted by Gasteiger charge is 2.55. The van der Waals surface area contributed by atoms with E-state index in [-0.39, 0.29) is 24.6 Å². The smallest absolute Gasteiger partial charge is 0.190 e. The highest BCUT2D eigenvalue weighted by Crippen LogP contribution is 2.41. The number of fused-ring (bicyclic) bond motifs is 1. The summed E-state index contributed by atoms with van der Waals surface area (Å²) in [7, 11) is 0. The Bertz CT molecular complexity index is 488. The van der Waals surface area contributed by atoms with E-state index in [2.05, 4.69) is 32.2 Å². The average molecular weight is 312 g/mol. The first-order chi connectivity index (χ1) is 10.1. The molecule has 0 aliphatic carbocycles. The molecule has 5 atom stereocenters. The number of thiophene rings is 1. The second-order valence-electron chi connectivity index (χ2n) is 5.92. The van der Waals surface area contributed by atoms with Gasteiger partial charge in [-0.25, -0.2) is 0 Å². The molecule has 0 bridgehead atoms. The molecule has 1 aromatic heterocycles. The van der Waals surface area contributed by atoms with Crippen molar-refractivity contribution in [3.8, 4) is 0 Å². The Hall–Kier alpha value is -0.460. The molecule has 0 aromatic carbocycles. The van der Waals surface area contributed by atoms with Crippen LogP contribution in [-0.2, 0) is 25.6 Å². The van der Waals surface area contributed by atoms with Crippen LogP contribution in [0.25, 0.3) is 0 Å². The number of hydrogen-bond acceptors (Lipinski definition) is 5. The predicted molar refractivity (Wildman–Crippen MR) is 81.2 cm³/mol. The maximum Gasteiger partial charge on any atom is 0.190 e. The van der Waals surface area contributed by atoms with Crippen LogP contribution in [0.15, 0.2) is 11.4 Å². The first-order valence-electron chi connectivity index (χ1n) is 7.72. The molecule has 1 aromatic rings. The van der Waals surface area contributed by atoms with Gasteiger partial charge in [-0.05, 0) is 43.7 Å². The highest BCUT2D eigenvalue weighted by atomic mass is 32.1. The molecule has 118 valence electrons. The SMILES string of the molecule is CC[C@H]1O[C@@H]2OC(C)(CC)O[C@@H]2[C@H]1OCc1ccsc1C. The van der Waals surface area contributed by atoms with Crippen molar-refractivity contribution >= 4 is 11.3 Å². The van der Waals surface area contributed by atoms with Crippen LogP contribution in [0.5, 0.6) is 0 Å². The van der Waals surface area contributed by atoms with Gasteiger partial charge in [0.2, 0.25) is 0 Å². The summed E-state index contributed by atoms with van der Waals surface area (Å²) in [4.78, 5) is 1.31. The zero-order valence-electron chi connectivity index (χ0n) is 13.1. The van der Waals surface area contributed by atoms with Gasteiger partial charge in [-0.2, -0.15) is 0 Å². The second-order valence-corrected chi connectivity index (χ2v) is 7.04. The lowest BCUT2D eigenvalue weighted by Gasteiger charge is -2.27. The molecule has 5 heteroatoms. The molecule has 0 spiro atoms. The normalized spacial score (nSPS) is 38.9. The van der Waals surface area contributed by atoms with E-state index in [1.165, 1.54) is 10.4 Å². The molecule has 2 fully saturated rings. The van der Waals surface area contributed by atoms with Crippen LogP contribution >= 0.6 is 11.3 Å². The third-order valence-electron chi connectivity index (χ3n) is 4.46. The molecule has 0 amide bonds. The lowest BCUT2D eigenvalue weighted by atomic mass is 10.1. The molecule has 21 heavy (non-hydrogen) atoms. The van der Waals surface area contributed by atoms with Gasteiger partial charge < -0.3 is 18.9 Å². The van der Waals surface area contributed by atoms with Crippen molar-refractivity contribution in [3.05, 3.63) is 21.9 Å². The van der Waals surface area contributed by atoms with E-state index in [0.717, 1.165) is 12.8 Å². The van der Waals surface area contributed by atoms with E-state index in [4.69, 9.17) is 18.9 Å². The van der Waals surface area contributed by atoms with Gasteiger partial charge in [0.05, 0.1) is 12.7 Å². The Labute approximate surface area is 130 Å². The zero-order valence-corrected chi connectivity index (χ0v) is 13.9. The molecule has 2 saturated heterocycles. The Balaban J connectivity index is 1.68. The van der Waals surface area contributed by atoms with Gasteiger partial charge in [0.1, 0.15) is 12.2 Å². The molecule has 2 aliphatic rings. The van der Waals surface area contributed by atoms with Crippen LogP contribution in [0, 0.1) is 6.92 Å². The fourth-order valence-electron chi connectivity index (χ4n) is 2.92. The molecular weight excluding hydrogens is 288 g/mol. The Kier molecular flexibility index (Phi) is 4.39. The molecule has 1 unspecified atom stereocenters. The fourth-order valence-corrected chi connectivity index (χ4v) is 3.63. The summed E-state index contributed by atoms with van der Waals surface area (Å²) in [6, 6.07) is 2.12. The summed E-state index contributed by atoms with van der Waals surface area (Å²) >= 11 is 1.75. The zero-order chi connectivity index (χ0) is 15.0. The minimum Gasteiger partial charge on any atom is -0.368 e. The Morgan fingerprint density at radius 1 is 1.33 bits per heavy atom. The third kappa shape index (κ3) is 2.90. The third-order valence-corrected chi connectivity index (χ3v) is 5.35. The topological polar surface area (TPSA) is 36.9 Å². The number of rotatable bonds is 5. The number of aryl methyl sites for hydroxylation is 1. The van der Waals surface area contributed by atoms with Crippen molar-refractivity contribution in [1.82, 2.24) is 0 Å². The van der Waals surface area contributed by atoms with Crippen LogP contribution < -0.4 is 0 Å². The van der Waals surface area contributed by atoms with E-state index in [0.29, 0.717) is 6.61 Å². The molecule has 3 heterocycles. The summed E-state index contributed by atoms with van der Waals surface area (Å²) in [5, 5.41) is 2.10. The minimum atomic E-state index is -0.548. The van der Waals surface area contributed by atoms with Gasteiger partial charge in [-0.15, -0.1) is 11.3 Å². The summed E-state index contributed by atoms with van der Waals surface area (Å²) < 4.78 is 24.2. The van der Waals surface area contributed by atoms with E-state index in [1.807, 2.05) is 6.92 Å². The van der Waals surface area contributed by atoms with Crippen molar-refractivity contribution in [3.63, 3.8) is 0 Å². The summed E-state index contributed by atoms with van der Waals surface area (Å²) in [6.07, 6.45) is 1.26. The monoisotopic (exact) mass is 312 g/mol. The van der Waals surface area contributed by atoms with Gasteiger partial charge in [0.25, 0.3) is 0 Å². The molecule has 0 saturated carbocycles. The van der Waals surface area contributed by atoms with E-state index >= 15 is 0 Å². The van der Waals surface area contributed by atoms with Crippen molar-refractivity contribution < 1.29 is 18.9 Å². The van der Waals surface area contributed by atoms with Crippen LogP contribution in [0.2, 0.25) is 0 Å². The minimum absolute atomic E-state index is 0.0420. The van der Waals surface area contributed by atoms with E-state index in [1.54, 1.807) is 11.3 Å². The van der Waals surface area contributed by atoms with Gasteiger partial charge >= 0.3 is 0 Å². The summed E-state index contributed by atoms with van der Waals surface area (Å²) in [5.41, 5.74) is 1.25. The predicted octanol–water partition coefficient (Wildman–Crippen LogP) is 3.62. The van der Waals surface area contributed by atoms with E-state index < -0.39 is 5.79 Å². The molecule has 2 aliphatic heterocycles. The Morgan fingerprint density at radius 2 is 2.14 bits per heavy atom. The number of hydrogen-bond donors (Lipinski definition) is 0. The number of ether oxygens (including phenoxy) is 4. The molecule has 0 N–H and O–H groups in total. The first-order valence-corrected chi connectivity index (χ1v) is 8.60. The molecule has 3 rings (SSSR count). The summed E-state index contributed by atoms with van der Waals surface area (Å²) in [5.74, 6) is -0.548. The van der Waals surface area contributed by atoms with Crippen LogP contribution in [0.3, 0.4) is 0 Å². The van der Waals surface area contributed by atoms with Crippen molar-refractivity contribution in [2.24, 2.45) is 0 Å². The largest absolute Gasteiger partial charge is 0.368 e. The molecular formula is C16H24O4S. The summed E-state index contributed by atoms with van der Waals surface area (Å²) in [6.45, 7) is 8.86. The Morgan fingerprint density at radius 3 is 2.76 bits per heavy atom. The van der Waals surface area contributed by atoms with Crippen molar-refractivity contribution in [1.29, 1.82) is 0 Å². The molecule has 0 radical (unpaired) electrons. The lowest BCUT2D eigenvalue weighted by Crippen LogP contribution is -2.37. The van der Waals surface area contributed by atoms with Crippen LogP contribution in [-0.4, -0.2) is 30.4 Å². The lowest BCUT2D eigenvalue weighted by molar-refractivity contribution is -0.229. The first kappa shape index (κ1) is 15.4. The van der Waals surface area contributed by atoms with Gasteiger partial charge in [-0.3, -0.25) is 0 Å². The maximum absolute atomic E-state index is 6.16. The quantitative estimate of drug-likeness (QED) is 0.832. The maximum atomic E-state index is 6.16. The van der Waals surface area contributed by atoms with Gasteiger partial charge in [-0.1, -0.05) is 13.8 Å². The van der Waals surface area contributed by atoms with Crippen LogP contribution in [0.4, 0.5) is 0 Å². The van der Waals surface area contributed by atoms with Crippen LogP contribution in [0.1, 0.15) is 44.1 Å². The average Bonchev–Trinajstić information content (AvgIpc) is 3.10. The van der Waals surface area contributed by atoms with Gasteiger partial charge in [0, 0.05) is 4.88 Å². The highest BCUT2D eigenvalue weighted by molar-refractivity contribution is 7.10.